The van der Waals surface area contributed by atoms with Gasteiger partial charge in [-0.3, -0.25) is 0 Å². The molecule has 0 aliphatic rings. The van der Waals surface area contributed by atoms with Gasteiger partial charge in [0.1, 0.15) is 11.5 Å². The van der Waals surface area contributed by atoms with Crippen molar-refractivity contribution >= 4 is 47.7 Å². The van der Waals surface area contributed by atoms with Gasteiger partial charge in [-0.2, -0.15) is 9.97 Å². The van der Waals surface area contributed by atoms with Crippen molar-refractivity contribution in [2.75, 3.05) is 13.3 Å². The number of halogens is 1. The Morgan fingerprint density at radius 2 is 1.75 bits per heavy atom. The van der Waals surface area contributed by atoms with Crippen LogP contribution in [0.4, 0.5) is 9.18 Å². The number of nitrogens with one attached hydrogen (secondary N) is 2. The van der Waals surface area contributed by atoms with Crippen molar-refractivity contribution in [2.24, 2.45) is 0 Å². The number of nitrogens with zero attached hydrogens (tertiary/aromatic N) is 4. The molecule has 0 saturated heterocycles. The van der Waals surface area contributed by atoms with Crippen molar-refractivity contribution in [3.05, 3.63) is 66.2 Å². The van der Waals surface area contributed by atoms with Crippen molar-refractivity contribution < 1.29 is 35.5 Å². The molecule has 0 saturated carbocycles. The molecule has 5 aromatic rings. The standard InChI is InChI=1S/C24H19FN6O7S2/c1-26-24(32)38-17-9-14(25)8-16-18-20(29-19(16)17)30-22(37-15-10-27-23(28-11-15)39(2,33)34)31-21(18)40(35,36)12-13-6-4-3-5-7-13/h3-11H,12H2,1-2H3,(H,26,32)(H,29,30,31). The van der Waals surface area contributed by atoms with Crippen LogP contribution in [0.5, 0.6) is 17.5 Å². The van der Waals surface area contributed by atoms with Crippen LogP contribution in [0.2, 0.25) is 0 Å². The van der Waals surface area contributed by atoms with Crippen LogP contribution in [0.3, 0.4) is 0 Å². The number of sulfone groups is 2. The van der Waals surface area contributed by atoms with E-state index in [0.717, 1.165) is 30.8 Å². The number of amides is 1. The van der Waals surface area contributed by atoms with Gasteiger partial charge in [-0.1, -0.05) is 30.3 Å². The third-order valence-electron chi connectivity index (χ3n) is 5.48. The summed E-state index contributed by atoms with van der Waals surface area (Å²) in [6.07, 6.45) is 2.18. The maximum Gasteiger partial charge on any atom is 0.412 e. The molecule has 3 heterocycles. The highest BCUT2D eigenvalue weighted by Gasteiger charge is 2.27. The number of hydrogen-bond donors (Lipinski definition) is 2. The predicted molar refractivity (Wildman–Crippen MR) is 139 cm³/mol. The molecular formula is C24H19FN6O7S2. The fourth-order valence-corrected chi connectivity index (χ4v) is 5.79. The third kappa shape index (κ3) is 5.39. The summed E-state index contributed by atoms with van der Waals surface area (Å²) in [4.78, 5) is 30.5. The zero-order chi connectivity index (χ0) is 28.7. The van der Waals surface area contributed by atoms with E-state index in [-0.39, 0.29) is 33.4 Å². The SMILES string of the molecule is CNC(=O)Oc1cc(F)cc2c1[nH]c1nc(Oc3cnc(S(C)(=O)=O)nc3)nc(S(=O)(=O)Cc3ccccc3)c12. The number of hydrogen-bond acceptors (Lipinski definition) is 11. The summed E-state index contributed by atoms with van der Waals surface area (Å²) in [6.45, 7) is 0. The van der Waals surface area contributed by atoms with Gasteiger partial charge in [-0.05, 0) is 11.6 Å². The lowest BCUT2D eigenvalue weighted by Gasteiger charge is -2.09. The molecule has 5 rings (SSSR count). The summed E-state index contributed by atoms with van der Waals surface area (Å²) in [7, 11) is -6.56. The van der Waals surface area contributed by atoms with Crippen LogP contribution < -0.4 is 14.8 Å². The maximum absolute atomic E-state index is 14.6. The lowest BCUT2D eigenvalue weighted by atomic mass is 10.2. The molecule has 0 spiro atoms. The maximum atomic E-state index is 14.6. The fraction of sp³-hybridized carbons (Fsp3) is 0.125. The first kappa shape index (κ1) is 26.9. The molecule has 0 atom stereocenters. The van der Waals surface area contributed by atoms with Gasteiger partial charge in [0.05, 0.1) is 29.0 Å². The number of ether oxygens (including phenoxy) is 2. The van der Waals surface area contributed by atoms with E-state index >= 15 is 0 Å². The molecule has 16 heteroatoms. The summed E-state index contributed by atoms with van der Waals surface area (Å²) in [5, 5.41) is 1.33. The molecule has 0 bridgehead atoms. The Kier molecular flexibility index (Phi) is 6.80. The monoisotopic (exact) mass is 586 g/mol. The predicted octanol–water partition coefficient (Wildman–Crippen LogP) is 2.93. The summed E-state index contributed by atoms with van der Waals surface area (Å²) >= 11 is 0. The lowest BCUT2D eigenvalue weighted by molar-refractivity contribution is 0.203. The number of benzene rings is 2. The largest absolute Gasteiger partial charge is 0.421 e. The van der Waals surface area contributed by atoms with E-state index in [2.05, 4.69) is 30.2 Å². The zero-order valence-electron chi connectivity index (χ0n) is 20.7. The Bertz CT molecular complexity index is 1980. The molecule has 2 N–H and O–H groups in total. The molecule has 0 unspecified atom stereocenters. The van der Waals surface area contributed by atoms with Crippen LogP contribution in [-0.2, 0) is 25.4 Å². The number of carbonyl (C=O) groups excluding carboxylic acids is 1. The number of aromatic amines is 1. The van der Waals surface area contributed by atoms with Crippen LogP contribution in [0.15, 0.2) is 65.0 Å². The molecule has 0 fully saturated rings. The summed E-state index contributed by atoms with van der Waals surface area (Å²) in [5.74, 6) is -1.55. The van der Waals surface area contributed by atoms with Crippen LogP contribution in [0.1, 0.15) is 5.56 Å². The van der Waals surface area contributed by atoms with Crippen molar-refractivity contribution in [1.29, 1.82) is 0 Å². The van der Waals surface area contributed by atoms with Gasteiger partial charge in [0.25, 0.3) is 0 Å². The fourth-order valence-electron chi connectivity index (χ4n) is 3.80. The second kappa shape index (κ2) is 10.1. The molecule has 206 valence electrons. The highest BCUT2D eigenvalue weighted by atomic mass is 32.2. The molecule has 1 amide bonds. The minimum absolute atomic E-state index is 0.0490. The molecular weight excluding hydrogens is 567 g/mol. The highest BCUT2D eigenvalue weighted by Crippen LogP contribution is 2.37. The lowest BCUT2D eigenvalue weighted by Crippen LogP contribution is -2.22. The van der Waals surface area contributed by atoms with Gasteiger partial charge < -0.3 is 19.8 Å². The quantitative estimate of drug-likeness (QED) is 0.211. The minimum atomic E-state index is -4.20. The van der Waals surface area contributed by atoms with Gasteiger partial charge in [-0.15, -0.1) is 0 Å². The van der Waals surface area contributed by atoms with Gasteiger partial charge in [0, 0.05) is 24.8 Å². The molecule has 13 nitrogen and oxygen atoms in total. The van der Waals surface area contributed by atoms with Crippen LogP contribution in [0, 0.1) is 5.82 Å². The van der Waals surface area contributed by atoms with E-state index in [1.807, 2.05) is 0 Å². The van der Waals surface area contributed by atoms with Crippen LogP contribution >= 0.6 is 0 Å². The van der Waals surface area contributed by atoms with E-state index in [1.54, 1.807) is 30.3 Å². The summed E-state index contributed by atoms with van der Waals surface area (Å²) < 4.78 is 76.0. The number of carbonyl (C=O) groups is 1. The average molecular weight is 587 g/mol. The molecule has 0 aliphatic carbocycles. The topological polar surface area (TPSA) is 183 Å². The number of H-pyrrole nitrogens is 1. The molecule has 40 heavy (non-hydrogen) atoms. The molecule has 3 aromatic heterocycles. The summed E-state index contributed by atoms with van der Waals surface area (Å²) in [6, 6.07) is 9.91. The third-order valence-corrected chi connectivity index (χ3v) is 7.95. The van der Waals surface area contributed by atoms with Gasteiger partial charge in [-0.25, -0.2) is 36.0 Å². The van der Waals surface area contributed by atoms with Crippen LogP contribution in [-0.4, -0.2) is 61.2 Å². The Labute approximate surface area is 226 Å². The first-order valence-electron chi connectivity index (χ1n) is 11.3. The smallest absolute Gasteiger partial charge is 0.412 e. The van der Waals surface area contributed by atoms with Gasteiger partial charge in [0.15, 0.2) is 16.5 Å². The van der Waals surface area contributed by atoms with Gasteiger partial charge in [0.2, 0.25) is 24.8 Å². The Hall–Kier alpha value is -4.70. The average Bonchev–Trinajstić information content (AvgIpc) is 3.26. The number of aromatic nitrogens is 5. The van der Waals surface area contributed by atoms with Crippen molar-refractivity contribution in [1.82, 2.24) is 30.2 Å². The van der Waals surface area contributed by atoms with E-state index < -0.39 is 53.5 Å². The number of rotatable bonds is 7. The van der Waals surface area contributed by atoms with E-state index in [1.165, 1.54) is 7.05 Å². The van der Waals surface area contributed by atoms with Crippen molar-refractivity contribution in [2.45, 2.75) is 15.9 Å². The second-order valence-corrected chi connectivity index (χ2v) is 12.3. The Morgan fingerprint density at radius 3 is 2.40 bits per heavy atom. The van der Waals surface area contributed by atoms with Gasteiger partial charge >= 0.3 is 12.1 Å². The van der Waals surface area contributed by atoms with E-state index in [0.29, 0.717) is 5.56 Å². The minimum Gasteiger partial charge on any atom is -0.421 e. The van der Waals surface area contributed by atoms with Crippen molar-refractivity contribution in [3.63, 3.8) is 0 Å². The Morgan fingerprint density at radius 1 is 1.05 bits per heavy atom. The van der Waals surface area contributed by atoms with Crippen LogP contribution in [0.25, 0.3) is 21.9 Å². The molecule has 0 radical (unpaired) electrons. The second-order valence-electron chi connectivity index (χ2n) is 8.45. The molecule has 0 aliphatic heterocycles. The van der Waals surface area contributed by atoms with Crippen molar-refractivity contribution in [3.8, 4) is 17.5 Å². The molecule has 2 aromatic carbocycles. The van der Waals surface area contributed by atoms with E-state index in [4.69, 9.17) is 9.47 Å². The normalized spacial score (nSPS) is 12.0. The summed E-state index contributed by atoms with van der Waals surface area (Å²) in [5.41, 5.74) is 0.493. The number of fused-ring (bicyclic) bond motifs is 3. The van der Waals surface area contributed by atoms with E-state index in [9.17, 15) is 26.0 Å². The highest BCUT2D eigenvalue weighted by molar-refractivity contribution is 7.91. The first-order chi connectivity index (χ1) is 18.9. The zero-order valence-corrected chi connectivity index (χ0v) is 22.4. The Balaban J connectivity index is 1.71. The first-order valence-corrected chi connectivity index (χ1v) is 14.9.